The van der Waals surface area contributed by atoms with Gasteiger partial charge in [0.25, 0.3) is 0 Å². The first kappa shape index (κ1) is 15.5. The maximum Gasteiger partial charge on any atom is 0.0870 e. The molecule has 0 fully saturated rings. The van der Waals surface area contributed by atoms with Gasteiger partial charge in [0, 0.05) is 7.05 Å². The van der Waals surface area contributed by atoms with E-state index >= 15 is 0 Å². The molecule has 20 heavy (non-hydrogen) atoms. The minimum Gasteiger partial charge on any atom is -0.250 e. The van der Waals surface area contributed by atoms with Crippen molar-refractivity contribution in [1.29, 1.82) is 0 Å². The van der Waals surface area contributed by atoms with E-state index in [-0.39, 0.29) is 0 Å². The monoisotopic (exact) mass is 265 g/mol. The Bertz CT molecular complexity index is 541. The number of nitrogens with zero attached hydrogens (tertiary/aromatic N) is 3. The van der Waals surface area contributed by atoms with Gasteiger partial charge in [-0.2, -0.15) is 5.11 Å². The molecule has 0 saturated heterocycles. The molecule has 0 spiro atoms. The molecule has 0 unspecified atom stereocenters. The molecule has 0 aliphatic rings. The summed E-state index contributed by atoms with van der Waals surface area (Å²) in [6, 6.07) is 18.3. The standard InChI is InChI=1S/C15H17N3.C2H2/c1-13-8-10-14(11-9-13)12-16-17-18(2)15-6-4-3-5-7-15;1-2/h3-11H,12H2,1-2H3;1-2H. The lowest BCUT2D eigenvalue weighted by atomic mass is 10.2. The van der Waals surface area contributed by atoms with Crippen LogP contribution in [0.5, 0.6) is 0 Å². The van der Waals surface area contributed by atoms with E-state index in [9.17, 15) is 0 Å². The fourth-order valence-corrected chi connectivity index (χ4v) is 1.60. The number of anilines is 1. The van der Waals surface area contributed by atoms with Crippen molar-refractivity contribution >= 4 is 5.69 Å². The number of hydrogen-bond acceptors (Lipinski definition) is 2. The molecule has 0 amide bonds. The predicted octanol–water partition coefficient (Wildman–Crippen LogP) is 4.25. The molecule has 102 valence electrons. The highest BCUT2D eigenvalue weighted by molar-refractivity contribution is 5.43. The largest absolute Gasteiger partial charge is 0.250 e. The topological polar surface area (TPSA) is 28.0 Å². The summed E-state index contributed by atoms with van der Waals surface area (Å²) in [5.74, 6) is 0. The molecule has 2 aromatic rings. The SMILES string of the molecule is C#C.Cc1ccc(CN=NN(C)c2ccccc2)cc1. The summed E-state index contributed by atoms with van der Waals surface area (Å²) < 4.78 is 0. The van der Waals surface area contributed by atoms with Gasteiger partial charge in [0.15, 0.2) is 0 Å². The Kier molecular flexibility index (Phi) is 6.56. The lowest BCUT2D eigenvalue weighted by Gasteiger charge is -2.10. The van der Waals surface area contributed by atoms with E-state index in [0.717, 1.165) is 5.69 Å². The van der Waals surface area contributed by atoms with Crippen molar-refractivity contribution in [1.82, 2.24) is 0 Å². The Morgan fingerprint density at radius 2 is 1.55 bits per heavy atom. The smallest absolute Gasteiger partial charge is 0.0870 e. The van der Waals surface area contributed by atoms with Gasteiger partial charge >= 0.3 is 0 Å². The predicted molar refractivity (Wildman–Crippen MR) is 84.5 cm³/mol. The van der Waals surface area contributed by atoms with Gasteiger partial charge in [-0.25, -0.2) is 0 Å². The third kappa shape index (κ3) is 4.95. The van der Waals surface area contributed by atoms with Crippen LogP contribution in [0.3, 0.4) is 0 Å². The molecule has 2 rings (SSSR count). The van der Waals surface area contributed by atoms with Crippen LogP contribution in [0.2, 0.25) is 0 Å². The van der Waals surface area contributed by atoms with Gasteiger partial charge in [0.2, 0.25) is 0 Å². The number of para-hydroxylation sites is 1. The highest BCUT2D eigenvalue weighted by atomic mass is 15.5. The van der Waals surface area contributed by atoms with Gasteiger partial charge in [-0.3, -0.25) is 5.01 Å². The van der Waals surface area contributed by atoms with Crippen molar-refractivity contribution in [2.24, 2.45) is 10.3 Å². The van der Waals surface area contributed by atoms with Crippen molar-refractivity contribution in [3.8, 4) is 12.8 Å². The van der Waals surface area contributed by atoms with Crippen LogP contribution in [0.4, 0.5) is 5.69 Å². The third-order valence-corrected chi connectivity index (χ3v) is 2.70. The first-order chi connectivity index (χ1) is 9.75. The van der Waals surface area contributed by atoms with Crippen molar-refractivity contribution < 1.29 is 0 Å². The van der Waals surface area contributed by atoms with E-state index in [1.54, 1.807) is 5.01 Å². The molecule has 0 saturated carbocycles. The van der Waals surface area contributed by atoms with Gasteiger partial charge in [-0.05, 0) is 24.6 Å². The molecular formula is C17H19N3. The van der Waals surface area contributed by atoms with Crippen molar-refractivity contribution in [3.63, 3.8) is 0 Å². The van der Waals surface area contributed by atoms with Crippen LogP contribution in [0.15, 0.2) is 64.9 Å². The van der Waals surface area contributed by atoms with Crippen molar-refractivity contribution in [2.45, 2.75) is 13.5 Å². The molecule has 0 aliphatic heterocycles. The number of rotatable bonds is 4. The van der Waals surface area contributed by atoms with Crippen molar-refractivity contribution in [3.05, 3.63) is 65.7 Å². The number of benzene rings is 2. The highest BCUT2D eigenvalue weighted by Gasteiger charge is 1.96. The third-order valence-electron chi connectivity index (χ3n) is 2.70. The minimum atomic E-state index is 0.609. The van der Waals surface area contributed by atoms with E-state index in [1.807, 2.05) is 37.4 Å². The summed E-state index contributed by atoms with van der Waals surface area (Å²) in [6.45, 7) is 2.69. The minimum absolute atomic E-state index is 0.609. The van der Waals surface area contributed by atoms with Crippen LogP contribution < -0.4 is 5.01 Å². The Morgan fingerprint density at radius 3 is 2.15 bits per heavy atom. The summed E-state index contributed by atoms with van der Waals surface area (Å²) in [6.07, 6.45) is 8.00. The second-order valence-corrected chi connectivity index (χ2v) is 4.23. The number of hydrogen-bond donors (Lipinski definition) is 0. The molecule has 0 heterocycles. The zero-order valence-electron chi connectivity index (χ0n) is 11.9. The fourth-order valence-electron chi connectivity index (χ4n) is 1.60. The Morgan fingerprint density at radius 1 is 0.950 bits per heavy atom. The van der Waals surface area contributed by atoms with Crippen LogP contribution in [0, 0.1) is 19.8 Å². The highest BCUT2D eigenvalue weighted by Crippen LogP contribution is 2.12. The average Bonchev–Trinajstić information content (AvgIpc) is 2.52. The fraction of sp³-hybridized carbons (Fsp3) is 0.176. The van der Waals surface area contributed by atoms with Crippen LogP contribution in [-0.2, 0) is 6.54 Å². The summed E-state index contributed by atoms with van der Waals surface area (Å²) in [5, 5.41) is 10.1. The molecule has 0 atom stereocenters. The average molecular weight is 265 g/mol. The second-order valence-electron chi connectivity index (χ2n) is 4.23. The molecular weight excluding hydrogens is 246 g/mol. The maximum absolute atomic E-state index is 4.20. The first-order valence-electron chi connectivity index (χ1n) is 6.31. The number of aryl methyl sites for hydroxylation is 1. The molecule has 2 aromatic carbocycles. The lowest BCUT2D eigenvalue weighted by Crippen LogP contribution is -2.06. The van der Waals surface area contributed by atoms with E-state index in [2.05, 4.69) is 54.4 Å². The van der Waals surface area contributed by atoms with E-state index < -0.39 is 0 Å². The van der Waals surface area contributed by atoms with Gasteiger partial charge < -0.3 is 0 Å². The summed E-state index contributed by atoms with van der Waals surface area (Å²) in [7, 11) is 1.90. The van der Waals surface area contributed by atoms with Gasteiger partial charge in [0.05, 0.1) is 12.2 Å². The van der Waals surface area contributed by atoms with Crippen LogP contribution in [0.1, 0.15) is 11.1 Å². The van der Waals surface area contributed by atoms with Crippen LogP contribution in [0.25, 0.3) is 0 Å². The number of terminal acetylenes is 1. The van der Waals surface area contributed by atoms with E-state index in [4.69, 9.17) is 0 Å². The summed E-state index contributed by atoms with van der Waals surface area (Å²) in [5.41, 5.74) is 3.47. The zero-order valence-corrected chi connectivity index (χ0v) is 11.9. The van der Waals surface area contributed by atoms with E-state index in [1.165, 1.54) is 11.1 Å². The Labute approximate surface area is 120 Å². The quantitative estimate of drug-likeness (QED) is 0.461. The molecule has 0 N–H and O–H groups in total. The van der Waals surface area contributed by atoms with E-state index in [0.29, 0.717) is 6.54 Å². The van der Waals surface area contributed by atoms with Gasteiger partial charge in [0.1, 0.15) is 0 Å². The van der Waals surface area contributed by atoms with Gasteiger partial charge in [-0.15, -0.1) is 12.8 Å². The first-order valence-corrected chi connectivity index (χ1v) is 6.31. The Balaban J connectivity index is 0.000000956. The normalized spacial score (nSPS) is 9.80. The van der Waals surface area contributed by atoms with Crippen molar-refractivity contribution in [2.75, 3.05) is 12.1 Å². The maximum atomic E-state index is 4.20. The summed E-state index contributed by atoms with van der Waals surface area (Å²) >= 11 is 0. The lowest BCUT2D eigenvalue weighted by molar-refractivity contribution is 0.833. The zero-order chi connectivity index (χ0) is 14.8. The Hall–Kier alpha value is -2.60. The molecule has 0 aromatic heterocycles. The molecule has 0 aliphatic carbocycles. The molecule has 3 heteroatoms. The van der Waals surface area contributed by atoms with Crippen LogP contribution in [-0.4, -0.2) is 7.05 Å². The van der Waals surface area contributed by atoms with Gasteiger partial charge in [-0.1, -0.05) is 53.3 Å². The second kappa shape index (κ2) is 8.49. The summed E-state index contributed by atoms with van der Waals surface area (Å²) in [4.78, 5) is 0. The molecule has 0 radical (unpaired) electrons. The molecule has 3 nitrogen and oxygen atoms in total. The van der Waals surface area contributed by atoms with Crippen LogP contribution >= 0.6 is 0 Å². The molecule has 0 bridgehead atoms.